The molecule has 1 aliphatic rings. The lowest BCUT2D eigenvalue weighted by molar-refractivity contribution is 0.443. The summed E-state index contributed by atoms with van der Waals surface area (Å²) in [6.07, 6.45) is 10.6. The van der Waals surface area contributed by atoms with Crippen LogP contribution in [-0.4, -0.2) is 36.1 Å². The Morgan fingerprint density at radius 2 is 1.16 bits per heavy atom. The second kappa shape index (κ2) is 9.71. The summed E-state index contributed by atoms with van der Waals surface area (Å²) in [5, 5.41) is 10.2. The molecule has 0 spiro atoms. The Hall–Kier alpha value is -2.56. The van der Waals surface area contributed by atoms with E-state index in [0.29, 0.717) is 0 Å². The number of nitrogens with one attached hydrogen (secondary N) is 4. The Morgan fingerprint density at radius 3 is 1.68 bits per heavy atom. The third-order valence-corrected chi connectivity index (χ3v) is 7.01. The number of hydrogen-bond donors (Lipinski definition) is 4. The fourth-order valence-electron chi connectivity index (χ4n) is 5.28. The van der Waals surface area contributed by atoms with Gasteiger partial charge in [-0.1, -0.05) is 36.4 Å². The normalized spacial score (nSPS) is 19.0. The van der Waals surface area contributed by atoms with Crippen LogP contribution < -0.4 is 10.6 Å². The van der Waals surface area contributed by atoms with E-state index in [-0.39, 0.29) is 0 Å². The molecule has 2 atom stereocenters. The van der Waals surface area contributed by atoms with Crippen LogP contribution in [0.2, 0.25) is 0 Å². The van der Waals surface area contributed by atoms with E-state index < -0.39 is 0 Å². The fourth-order valence-corrected chi connectivity index (χ4v) is 5.28. The highest BCUT2D eigenvalue weighted by atomic mass is 14.9. The minimum Gasteiger partial charge on any atom is -0.361 e. The van der Waals surface area contributed by atoms with Gasteiger partial charge in [0.05, 0.1) is 0 Å². The van der Waals surface area contributed by atoms with Crippen LogP contribution in [0, 0.1) is 11.8 Å². The quantitative estimate of drug-likeness (QED) is 0.275. The summed E-state index contributed by atoms with van der Waals surface area (Å²) in [5.74, 6) is 1.67. The van der Waals surface area contributed by atoms with E-state index >= 15 is 0 Å². The maximum absolute atomic E-state index is 3.72. The highest BCUT2D eigenvalue weighted by molar-refractivity contribution is 5.83. The molecule has 0 saturated heterocycles. The number of H-pyrrole nitrogens is 2. The second-order valence-electron chi connectivity index (χ2n) is 9.17. The average molecular weight is 415 g/mol. The van der Waals surface area contributed by atoms with Gasteiger partial charge < -0.3 is 20.6 Å². The molecule has 4 aromatic rings. The highest BCUT2D eigenvalue weighted by Crippen LogP contribution is 2.30. The molecular formula is C27H34N4. The summed E-state index contributed by atoms with van der Waals surface area (Å²) in [7, 11) is 0. The number of aromatic amines is 2. The van der Waals surface area contributed by atoms with E-state index in [2.05, 4.69) is 81.5 Å². The van der Waals surface area contributed by atoms with E-state index in [9.17, 15) is 0 Å². The van der Waals surface area contributed by atoms with Gasteiger partial charge in [0.15, 0.2) is 0 Å². The molecule has 1 saturated carbocycles. The summed E-state index contributed by atoms with van der Waals surface area (Å²) >= 11 is 0. The summed E-state index contributed by atoms with van der Waals surface area (Å²) in [4.78, 5) is 6.76. The Balaban J connectivity index is 0.979. The van der Waals surface area contributed by atoms with Gasteiger partial charge in [-0.3, -0.25) is 0 Å². The predicted molar refractivity (Wildman–Crippen MR) is 131 cm³/mol. The zero-order valence-corrected chi connectivity index (χ0v) is 18.3. The van der Waals surface area contributed by atoms with Crippen LogP contribution >= 0.6 is 0 Å². The Morgan fingerprint density at radius 1 is 0.677 bits per heavy atom. The maximum Gasteiger partial charge on any atom is 0.0456 e. The Bertz CT molecular complexity index is 1020. The first kappa shape index (κ1) is 20.3. The molecule has 0 bridgehead atoms. The third kappa shape index (κ3) is 4.86. The average Bonchev–Trinajstić information content (AvgIpc) is 3.53. The highest BCUT2D eigenvalue weighted by Gasteiger charge is 2.23. The van der Waals surface area contributed by atoms with Crippen molar-refractivity contribution >= 4 is 21.8 Å². The van der Waals surface area contributed by atoms with Crippen molar-refractivity contribution in [3.05, 3.63) is 72.1 Å². The Kier molecular flexibility index (Phi) is 6.38. The molecule has 1 fully saturated rings. The number of rotatable bonds is 10. The van der Waals surface area contributed by atoms with Crippen molar-refractivity contribution < 1.29 is 0 Å². The van der Waals surface area contributed by atoms with Crippen molar-refractivity contribution in [2.45, 2.75) is 32.1 Å². The fraction of sp³-hybridized carbons (Fsp3) is 0.407. The van der Waals surface area contributed by atoms with Crippen LogP contribution in [0.5, 0.6) is 0 Å². The molecule has 162 valence electrons. The largest absolute Gasteiger partial charge is 0.361 e. The molecule has 4 nitrogen and oxygen atoms in total. The van der Waals surface area contributed by atoms with Crippen LogP contribution in [0.15, 0.2) is 60.9 Å². The smallest absolute Gasteiger partial charge is 0.0456 e. The van der Waals surface area contributed by atoms with E-state index in [1.54, 1.807) is 0 Å². The molecule has 0 radical (unpaired) electrons. The van der Waals surface area contributed by atoms with Gasteiger partial charge in [-0.2, -0.15) is 0 Å². The minimum absolute atomic E-state index is 0.836. The number of hydrogen-bond acceptors (Lipinski definition) is 2. The van der Waals surface area contributed by atoms with Crippen molar-refractivity contribution in [1.82, 2.24) is 20.6 Å². The lowest BCUT2D eigenvalue weighted by Gasteiger charge is -2.13. The lowest BCUT2D eigenvalue weighted by atomic mass is 10.0. The summed E-state index contributed by atoms with van der Waals surface area (Å²) < 4.78 is 0. The molecule has 0 unspecified atom stereocenters. The molecule has 0 aliphatic heterocycles. The molecule has 31 heavy (non-hydrogen) atoms. The van der Waals surface area contributed by atoms with E-state index in [1.165, 1.54) is 52.2 Å². The van der Waals surface area contributed by atoms with Crippen LogP contribution in [-0.2, 0) is 12.8 Å². The third-order valence-electron chi connectivity index (χ3n) is 7.01. The monoisotopic (exact) mass is 414 g/mol. The lowest BCUT2D eigenvalue weighted by Crippen LogP contribution is -2.26. The van der Waals surface area contributed by atoms with Crippen molar-refractivity contribution in [2.24, 2.45) is 11.8 Å². The molecule has 5 rings (SSSR count). The van der Waals surface area contributed by atoms with E-state index in [4.69, 9.17) is 0 Å². The number of fused-ring (bicyclic) bond motifs is 2. The first-order valence-electron chi connectivity index (χ1n) is 11.9. The first-order valence-corrected chi connectivity index (χ1v) is 11.9. The van der Waals surface area contributed by atoms with Crippen LogP contribution in [0.25, 0.3) is 21.8 Å². The number of aromatic nitrogens is 2. The summed E-state index contributed by atoms with van der Waals surface area (Å²) in [6.45, 7) is 4.44. The topological polar surface area (TPSA) is 55.6 Å². The number of para-hydroxylation sites is 2. The van der Waals surface area contributed by atoms with Gasteiger partial charge >= 0.3 is 0 Å². The van der Waals surface area contributed by atoms with Gasteiger partial charge in [0.1, 0.15) is 0 Å². The van der Waals surface area contributed by atoms with Crippen LogP contribution in [0.1, 0.15) is 30.4 Å². The van der Waals surface area contributed by atoms with Gasteiger partial charge in [0.25, 0.3) is 0 Å². The molecule has 2 aromatic heterocycles. The minimum atomic E-state index is 0.836. The second-order valence-corrected chi connectivity index (χ2v) is 9.17. The standard InChI is InChI=1S/C27H34N4/c1-3-7-26-24(5-1)22(18-30-26)11-13-28-16-20-9-10-21(15-20)17-29-14-12-23-19-31-27-8-4-2-6-25(23)27/h1-8,18-21,28-31H,9-17H2/t20-,21-/m0/s1. The van der Waals surface area contributed by atoms with Crippen molar-refractivity contribution in [1.29, 1.82) is 0 Å². The molecule has 4 heteroatoms. The first-order chi connectivity index (χ1) is 15.4. The molecule has 4 N–H and O–H groups in total. The predicted octanol–water partition coefficient (Wildman–Crippen LogP) is 5.03. The van der Waals surface area contributed by atoms with Gasteiger partial charge in [-0.15, -0.1) is 0 Å². The zero-order chi connectivity index (χ0) is 20.9. The summed E-state index contributed by atoms with van der Waals surface area (Å²) in [5.41, 5.74) is 5.33. The maximum atomic E-state index is 3.72. The molecule has 2 aromatic carbocycles. The van der Waals surface area contributed by atoms with Gasteiger partial charge in [0.2, 0.25) is 0 Å². The van der Waals surface area contributed by atoms with E-state index in [1.807, 2.05) is 0 Å². The SMILES string of the molecule is c1ccc2c(CCNC[C@H]3CC[C@H](CNCCc4c[nH]c5ccccc45)C3)c[nH]c2c1. The Labute approximate surface area is 184 Å². The van der Waals surface area contributed by atoms with Gasteiger partial charge in [0, 0.05) is 34.2 Å². The molecule has 2 heterocycles. The van der Waals surface area contributed by atoms with Gasteiger partial charge in [-0.05, 0) is 93.4 Å². The summed E-state index contributed by atoms with van der Waals surface area (Å²) in [6, 6.07) is 17.2. The molecular weight excluding hydrogens is 380 g/mol. The van der Waals surface area contributed by atoms with Gasteiger partial charge in [-0.25, -0.2) is 0 Å². The van der Waals surface area contributed by atoms with Crippen molar-refractivity contribution in [3.8, 4) is 0 Å². The van der Waals surface area contributed by atoms with Crippen molar-refractivity contribution in [2.75, 3.05) is 26.2 Å². The van der Waals surface area contributed by atoms with E-state index in [0.717, 1.165) is 50.9 Å². The zero-order valence-electron chi connectivity index (χ0n) is 18.3. The number of benzene rings is 2. The van der Waals surface area contributed by atoms with Crippen molar-refractivity contribution in [3.63, 3.8) is 0 Å². The molecule has 0 amide bonds. The van der Waals surface area contributed by atoms with Crippen LogP contribution in [0.3, 0.4) is 0 Å². The van der Waals surface area contributed by atoms with Crippen LogP contribution in [0.4, 0.5) is 0 Å². The molecule has 1 aliphatic carbocycles.